The largest absolute Gasteiger partial charge is 0.508 e. The number of carbonyl (C=O) groups is 2. The minimum Gasteiger partial charge on any atom is -0.508 e. The molecule has 2 amide bonds. The molecule has 3 atom stereocenters. The summed E-state index contributed by atoms with van der Waals surface area (Å²) in [6.45, 7) is 3.65. The number of ether oxygens (including phenoxy) is 1. The average Bonchev–Trinajstić information content (AvgIpc) is 3.03. The quantitative estimate of drug-likeness (QED) is 0.460. The number of fused-ring (bicyclic) bond motifs is 4. The summed E-state index contributed by atoms with van der Waals surface area (Å²) in [7, 11) is 1.23. The number of aromatic hydroxyl groups is 1. The number of amides is 2. The number of phenols is 1. The lowest BCUT2D eigenvalue weighted by Crippen LogP contribution is -2.50. The van der Waals surface area contributed by atoms with Crippen molar-refractivity contribution in [2.75, 3.05) is 13.7 Å². The van der Waals surface area contributed by atoms with Crippen LogP contribution in [0.4, 0.5) is 13.2 Å². The van der Waals surface area contributed by atoms with Crippen LogP contribution in [0.3, 0.4) is 0 Å². The molecule has 1 saturated heterocycles. The second-order valence-corrected chi connectivity index (χ2v) is 11.0. The Morgan fingerprint density at radius 3 is 2.51 bits per heavy atom. The van der Waals surface area contributed by atoms with Gasteiger partial charge in [-0.3, -0.25) is 14.4 Å². The first-order chi connectivity index (χ1) is 19.4. The third-order valence-electron chi connectivity index (χ3n) is 8.40. The number of aromatic nitrogens is 1. The third kappa shape index (κ3) is 4.93. The molecule has 2 aliphatic rings. The lowest BCUT2D eigenvalue weighted by atomic mass is 9.73. The number of rotatable bonds is 6. The number of halogens is 3. The van der Waals surface area contributed by atoms with Gasteiger partial charge in [0.2, 0.25) is 5.43 Å². The molecule has 11 heteroatoms. The highest BCUT2D eigenvalue weighted by atomic mass is 19.1. The van der Waals surface area contributed by atoms with E-state index in [0.29, 0.717) is 37.9 Å². The molecule has 0 spiro atoms. The smallest absolute Gasteiger partial charge is 0.274 e. The number of para-hydroxylation sites is 1. The van der Waals surface area contributed by atoms with E-state index in [9.17, 15) is 32.7 Å². The van der Waals surface area contributed by atoms with E-state index in [4.69, 9.17) is 4.74 Å². The lowest BCUT2D eigenvalue weighted by Gasteiger charge is -2.44. The molecule has 2 N–H and O–H groups in total. The van der Waals surface area contributed by atoms with E-state index in [1.807, 2.05) is 26.0 Å². The Labute approximate surface area is 234 Å². The number of hydrogen-bond donors (Lipinski definition) is 2. The Hall–Kier alpha value is -4.28. The van der Waals surface area contributed by atoms with Gasteiger partial charge >= 0.3 is 0 Å². The zero-order valence-corrected chi connectivity index (χ0v) is 22.8. The maximum absolute atomic E-state index is 14.2. The summed E-state index contributed by atoms with van der Waals surface area (Å²) in [6, 6.07) is 7.46. The Bertz CT molecular complexity index is 1580. The second kappa shape index (κ2) is 10.6. The maximum Gasteiger partial charge on any atom is 0.274 e. The normalized spacial score (nSPS) is 21.7. The summed E-state index contributed by atoms with van der Waals surface area (Å²) in [5, 5.41) is 12.9. The van der Waals surface area contributed by atoms with Crippen LogP contribution >= 0.6 is 0 Å². The van der Waals surface area contributed by atoms with Gasteiger partial charge in [-0.05, 0) is 43.2 Å². The zero-order valence-electron chi connectivity index (χ0n) is 22.8. The van der Waals surface area contributed by atoms with Crippen LogP contribution in [0.25, 0.3) is 0 Å². The fourth-order valence-corrected chi connectivity index (χ4v) is 6.01. The molecule has 2 aliphatic heterocycles. The Morgan fingerprint density at radius 2 is 1.85 bits per heavy atom. The van der Waals surface area contributed by atoms with Crippen molar-refractivity contribution in [1.29, 1.82) is 0 Å². The lowest BCUT2D eigenvalue weighted by molar-refractivity contribution is 0.0539. The summed E-state index contributed by atoms with van der Waals surface area (Å²) in [5.41, 5.74) is -1.58. The van der Waals surface area contributed by atoms with Gasteiger partial charge in [0.1, 0.15) is 28.8 Å². The Morgan fingerprint density at radius 1 is 1.17 bits per heavy atom. The monoisotopic (exact) mass is 569 g/mol. The molecule has 1 aromatic heterocycles. The Balaban J connectivity index is 1.59. The van der Waals surface area contributed by atoms with Crippen molar-refractivity contribution in [1.82, 2.24) is 14.8 Å². The average molecular weight is 570 g/mol. The van der Waals surface area contributed by atoms with Crippen LogP contribution in [0, 0.1) is 22.9 Å². The zero-order chi connectivity index (χ0) is 29.6. The number of carbonyl (C=O) groups excluding carboxylic acids is 2. The number of hydrogen-bond acceptors (Lipinski definition) is 5. The summed E-state index contributed by atoms with van der Waals surface area (Å²) in [5.74, 6) is -4.97. The van der Waals surface area contributed by atoms with E-state index in [-0.39, 0.29) is 28.8 Å². The molecule has 5 rings (SSSR count). The van der Waals surface area contributed by atoms with Crippen LogP contribution in [-0.4, -0.2) is 46.1 Å². The molecule has 0 unspecified atom stereocenters. The van der Waals surface area contributed by atoms with Gasteiger partial charge in [-0.2, -0.15) is 0 Å². The van der Waals surface area contributed by atoms with Crippen LogP contribution in [-0.2, 0) is 13.0 Å². The fourth-order valence-electron chi connectivity index (χ4n) is 6.01. The van der Waals surface area contributed by atoms with Crippen LogP contribution < -0.4 is 15.5 Å². The van der Waals surface area contributed by atoms with E-state index < -0.39 is 58.3 Å². The summed E-state index contributed by atoms with van der Waals surface area (Å²) in [4.78, 5) is 42.0. The van der Waals surface area contributed by atoms with Crippen LogP contribution in [0.15, 0.2) is 47.4 Å². The van der Waals surface area contributed by atoms with Crippen molar-refractivity contribution in [2.24, 2.45) is 5.41 Å². The summed E-state index contributed by atoms with van der Waals surface area (Å²) in [6.07, 6.45) is 3.11. The van der Waals surface area contributed by atoms with E-state index in [0.717, 1.165) is 5.56 Å². The van der Waals surface area contributed by atoms with Crippen molar-refractivity contribution >= 4 is 11.8 Å². The first-order valence-corrected chi connectivity index (χ1v) is 13.3. The minimum atomic E-state index is -1.18. The molecule has 216 valence electrons. The molecule has 0 aliphatic carbocycles. The molecular formula is C30H30F3N3O5. The van der Waals surface area contributed by atoms with Gasteiger partial charge in [-0.15, -0.1) is 0 Å². The van der Waals surface area contributed by atoms with Crippen molar-refractivity contribution in [3.8, 4) is 11.5 Å². The number of nitrogens with zero attached hydrogens (tertiary/aromatic N) is 2. The number of pyridine rings is 1. The van der Waals surface area contributed by atoms with Gasteiger partial charge in [0, 0.05) is 43.0 Å². The predicted octanol–water partition coefficient (Wildman–Crippen LogP) is 4.34. The van der Waals surface area contributed by atoms with Gasteiger partial charge in [0.25, 0.3) is 11.8 Å². The number of methoxy groups -OCH3 is 1. The van der Waals surface area contributed by atoms with Crippen LogP contribution in [0.2, 0.25) is 0 Å². The highest BCUT2D eigenvalue weighted by molar-refractivity contribution is 5.99. The minimum absolute atomic E-state index is 0.0122. The van der Waals surface area contributed by atoms with E-state index in [1.165, 1.54) is 13.3 Å². The van der Waals surface area contributed by atoms with Crippen molar-refractivity contribution in [3.63, 3.8) is 0 Å². The van der Waals surface area contributed by atoms with Gasteiger partial charge in [-0.25, -0.2) is 13.2 Å². The number of phenolic OH excluding ortho intramolecular Hbond substituents is 1. The van der Waals surface area contributed by atoms with Gasteiger partial charge < -0.3 is 24.6 Å². The van der Waals surface area contributed by atoms with Crippen LogP contribution in [0.1, 0.15) is 64.7 Å². The highest BCUT2D eigenvalue weighted by Crippen LogP contribution is 2.47. The molecule has 2 aromatic carbocycles. The van der Waals surface area contributed by atoms with Gasteiger partial charge in [0.05, 0.1) is 13.2 Å². The topological polar surface area (TPSA) is 101 Å². The maximum atomic E-state index is 14.2. The molecule has 1 fully saturated rings. The molecule has 41 heavy (non-hydrogen) atoms. The van der Waals surface area contributed by atoms with E-state index >= 15 is 0 Å². The molecule has 8 nitrogen and oxygen atoms in total. The molecular weight excluding hydrogens is 539 g/mol. The summed E-state index contributed by atoms with van der Waals surface area (Å²) < 4.78 is 48.6. The van der Waals surface area contributed by atoms with Crippen molar-refractivity contribution < 1.29 is 32.6 Å². The highest BCUT2D eigenvalue weighted by Gasteiger charge is 2.48. The van der Waals surface area contributed by atoms with E-state index in [1.54, 1.807) is 21.6 Å². The first-order valence-electron chi connectivity index (χ1n) is 13.3. The second-order valence-electron chi connectivity index (χ2n) is 11.0. The first kappa shape index (κ1) is 28.3. The SMILES string of the molecule is COc1c2n(cc(C(=O)NCc3c(F)cc(F)cc3F)c1=O)[C@@H]1CN(C2=O)[C@@H](C)CC[C@]1(C)Cc1ccccc1O. The third-order valence-corrected chi connectivity index (χ3v) is 8.40. The van der Waals surface area contributed by atoms with Crippen molar-refractivity contribution in [2.45, 2.75) is 51.7 Å². The number of nitrogens with one attached hydrogen (secondary N) is 1. The van der Waals surface area contributed by atoms with Crippen LogP contribution in [0.5, 0.6) is 11.5 Å². The fraction of sp³-hybridized carbons (Fsp3) is 0.367. The molecule has 0 radical (unpaired) electrons. The standard InChI is InChI=1S/C30H30F3N3O5/c1-16-8-9-30(2,12-17-6-4-5-7-23(17)37)24-15-35(16)29(40)25-27(41-3)26(38)20(14-36(24)25)28(39)34-13-19-21(32)10-18(31)11-22(19)33/h4-7,10-11,14,16,24,37H,8-9,12-13,15H2,1-3H3,(H,34,39)/t16-,24+,30+/m0/s1. The predicted molar refractivity (Wildman–Crippen MR) is 143 cm³/mol. The van der Waals surface area contributed by atoms with Gasteiger partial charge in [0.15, 0.2) is 11.4 Å². The molecule has 0 saturated carbocycles. The van der Waals surface area contributed by atoms with Gasteiger partial charge in [-0.1, -0.05) is 25.1 Å². The molecule has 3 heterocycles. The Kier molecular flexibility index (Phi) is 7.31. The number of benzene rings is 2. The van der Waals surface area contributed by atoms with E-state index in [2.05, 4.69) is 5.32 Å². The molecule has 3 aromatic rings. The molecule has 2 bridgehead atoms. The van der Waals surface area contributed by atoms with Crippen molar-refractivity contribution in [3.05, 3.63) is 92.7 Å². The summed E-state index contributed by atoms with van der Waals surface area (Å²) >= 11 is 0.